The second kappa shape index (κ2) is 4.75. The Morgan fingerprint density at radius 1 is 1.10 bits per heavy atom. The van der Waals surface area contributed by atoms with E-state index in [0.717, 1.165) is 9.65 Å². The van der Waals surface area contributed by atoms with Crippen molar-refractivity contribution in [3.8, 4) is 0 Å². The zero-order valence-electron chi connectivity index (χ0n) is 11.0. The van der Waals surface area contributed by atoms with Crippen LogP contribution in [0.15, 0.2) is 52.2 Å². The molecule has 3 aromatic rings. The lowest BCUT2D eigenvalue weighted by Gasteiger charge is -2.07. The number of rotatable bonds is 2. The molecule has 0 fully saturated rings. The van der Waals surface area contributed by atoms with Gasteiger partial charge < -0.3 is 0 Å². The van der Waals surface area contributed by atoms with Gasteiger partial charge in [0.15, 0.2) is 0 Å². The van der Waals surface area contributed by atoms with Gasteiger partial charge in [-0.3, -0.25) is 4.79 Å². The van der Waals surface area contributed by atoms with Gasteiger partial charge in [0.05, 0.1) is 15.8 Å². The van der Waals surface area contributed by atoms with Gasteiger partial charge >= 0.3 is 0 Å². The molecule has 7 heteroatoms. The first-order valence-corrected chi connectivity index (χ1v) is 7.94. The van der Waals surface area contributed by atoms with E-state index in [2.05, 4.69) is 5.10 Å². The van der Waals surface area contributed by atoms with Gasteiger partial charge in [-0.1, -0.05) is 29.3 Å². The van der Waals surface area contributed by atoms with Gasteiger partial charge in [0.1, 0.15) is 0 Å². The highest BCUT2D eigenvalue weighted by atomic mass is 35.5. The summed E-state index contributed by atoms with van der Waals surface area (Å²) in [6, 6.07) is 10.9. The summed E-state index contributed by atoms with van der Waals surface area (Å²) in [6.45, 7) is 1.86. The zero-order valence-corrected chi connectivity index (χ0v) is 12.6. The fourth-order valence-electron chi connectivity index (χ4n) is 2.08. The minimum Gasteiger partial charge on any atom is -0.267 e. The maximum Gasteiger partial charge on any atom is 0.281 e. The number of nitrogens with one attached hydrogen (secondary N) is 1. The van der Waals surface area contributed by atoms with Gasteiger partial charge in [-0.25, -0.2) is 5.10 Å². The summed E-state index contributed by atoms with van der Waals surface area (Å²) in [4.78, 5) is 12.0. The molecule has 0 saturated heterocycles. The summed E-state index contributed by atoms with van der Waals surface area (Å²) in [6.07, 6.45) is 0. The van der Waals surface area contributed by atoms with Gasteiger partial charge in [0.25, 0.3) is 15.6 Å². The van der Waals surface area contributed by atoms with Crippen molar-refractivity contribution in [2.24, 2.45) is 0 Å². The average molecular weight is 323 g/mol. The van der Waals surface area contributed by atoms with Gasteiger partial charge in [0.2, 0.25) is 0 Å². The molecular weight excluding hydrogens is 312 g/mol. The number of aromatic nitrogens is 2. The van der Waals surface area contributed by atoms with E-state index >= 15 is 0 Å². The summed E-state index contributed by atoms with van der Waals surface area (Å²) in [5, 5.41) is 2.98. The first-order chi connectivity index (χ1) is 9.89. The summed E-state index contributed by atoms with van der Waals surface area (Å²) in [7, 11) is -3.88. The third-order valence-electron chi connectivity index (χ3n) is 3.19. The largest absolute Gasteiger partial charge is 0.281 e. The Hall–Kier alpha value is -2.05. The molecule has 0 spiro atoms. The van der Waals surface area contributed by atoms with Crippen molar-refractivity contribution in [2.45, 2.75) is 11.8 Å². The van der Waals surface area contributed by atoms with Gasteiger partial charge in [-0.05, 0) is 37.3 Å². The number of aryl methyl sites for hydroxylation is 1. The molecule has 0 atom stereocenters. The van der Waals surface area contributed by atoms with Crippen LogP contribution in [0.25, 0.3) is 10.9 Å². The fourth-order valence-corrected chi connectivity index (χ4v) is 3.55. The average Bonchev–Trinajstić information content (AvgIpc) is 2.76. The van der Waals surface area contributed by atoms with Crippen LogP contribution in [0.2, 0.25) is 5.02 Å². The van der Waals surface area contributed by atoms with Crippen molar-refractivity contribution < 1.29 is 8.42 Å². The molecule has 1 heterocycles. The molecule has 0 aliphatic heterocycles. The lowest BCUT2D eigenvalue weighted by molar-refractivity contribution is 0.582. The number of nitrogens with zero attached hydrogens (tertiary/aromatic N) is 1. The van der Waals surface area contributed by atoms with Crippen molar-refractivity contribution in [1.29, 1.82) is 0 Å². The van der Waals surface area contributed by atoms with Crippen LogP contribution in [0.5, 0.6) is 0 Å². The van der Waals surface area contributed by atoms with E-state index < -0.39 is 15.6 Å². The van der Waals surface area contributed by atoms with Crippen LogP contribution in [0.1, 0.15) is 5.56 Å². The minimum atomic E-state index is -3.88. The highest BCUT2D eigenvalue weighted by molar-refractivity contribution is 7.90. The Morgan fingerprint density at radius 2 is 1.76 bits per heavy atom. The first-order valence-electron chi connectivity index (χ1n) is 6.12. The van der Waals surface area contributed by atoms with Gasteiger partial charge in [0, 0.05) is 5.02 Å². The molecule has 0 aliphatic rings. The molecule has 1 N–H and O–H groups in total. The molecule has 3 rings (SSSR count). The minimum absolute atomic E-state index is 0.0984. The SMILES string of the molecule is Cc1ccc(S(=O)(=O)n2[nH]c(=O)c3ccc(Cl)cc32)cc1. The molecule has 1 aromatic heterocycles. The van der Waals surface area contributed by atoms with Gasteiger partial charge in [-0.15, -0.1) is 0 Å². The second-order valence-corrected chi connectivity index (χ2v) is 6.91. The Bertz CT molecular complexity index is 985. The van der Waals surface area contributed by atoms with Crippen molar-refractivity contribution in [3.63, 3.8) is 0 Å². The predicted octanol–water partition coefficient (Wildman–Crippen LogP) is 2.53. The van der Waals surface area contributed by atoms with Gasteiger partial charge in [-0.2, -0.15) is 12.5 Å². The van der Waals surface area contributed by atoms with Crippen LogP contribution in [-0.4, -0.2) is 17.6 Å². The normalized spacial score (nSPS) is 11.9. The number of fused-ring (bicyclic) bond motifs is 1. The summed E-state index contributed by atoms with van der Waals surface area (Å²) < 4.78 is 26.1. The highest BCUT2D eigenvalue weighted by Gasteiger charge is 2.21. The van der Waals surface area contributed by atoms with E-state index in [4.69, 9.17) is 11.6 Å². The number of halogens is 1. The van der Waals surface area contributed by atoms with E-state index in [1.165, 1.54) is 24.3 Å². The smallest absolute Gasteiger partial charge is 0.267 e. The molecular formula is C14H11ClN2O3S. The molecule has 0 saturated carbocycles. The molecule has 108 valence electrons. The van der Waals surface area contributed by atoms with Crippen LogP contribution < -0.4 is 5.56 Å². The maximum absolute atomic E-state index is 12.6. The van der Waals surface area contributed by atoms with E-state index in [9.17, 15) is 13.2 Å². The number of hydrogen-bond donors (Lipinski definition) is 1. The highest BCUT2D eigenvalue weighted by Crippen LogP contribution is 2.21. The standard InChI is InChI=1S/C14H11ClN2O3S/c1-9-2-5-11(6-3-9)21(19,20)17-13-8-10(15)4-7-12(13)14(18)16-17/h2-8H,1H3,(H,16,18). The Morgan fingerprint density at radius 3 is 2.43 bits per heavy atom. The van der Waals surface area contributed by atoms with E-state index in [0.29, 0.717) is 5.02 Å². The zero-order chi connectivity index (χ0) is 15.2. The van der Waals surface area contributed by atoms with Crippen molar-refractivity contribution in [1.82, 2.24) is 9.19 Å². The molecule has 2 aromatic carbocycles. The van der Waals surface area contributed by atoms with Crippen LogP contribution in [0.3, 0.4) is 0 Å². The Kier molecular flexibility index (Phi) is 3.15. The molecule has 0 unspecified atom stereocenters. The van der Waals surface area contributed by atoms with E-state index in [1.807, 2.05) is 6.92 Å². The summed E-state index contributed by atoms with van der Waals surface area (Å²) in [5.41, 5.74) is 0.702. The molecule has 21 heavy (non-hydrogen) atoms. The lowest BCUT2D eigenvalue weighted by Crippen LogP contribution is -2.16. The summed E-state index contributed by atoms with van der Waals surface area (Å²) >= 11 is 5.89. The third-order valence-corrected chi connectivity index (χ3v) is 5.06. The molecule has 0 radical (unpaired) electrons. The topological polar surface area (TPSA) is 71.9 Å². The third kappa shape index (κ3) is 2.26. The van der Waals surface area contributed by atoms with E-state index in [1.54, 1.807) is 18.2 Å². The fraction of sp³-hybridized carbons (Fsp3) is 0.0714. The number of hydrogen-bond acceptors (Lipinski definition) is 3. The molecule has 0 aliphatic carbocycles. The first kappa shape index (κ1) is 13.9. The predicted molar refractivity (Wildman–Crippen MR) is 81.3 cm³/mol. The quantitative estimate of drug-likeness (QED) is 0.788. The van der Waals surface area contributed by atoms with Crippen molar-refractivity contribution in [3.05, 3.63) is 63.4 Å². The second-order valence-electron chi connectivity index (χ2n) is 4.68. The Balaban J connectivity index is 2.31. The maximum atomic E-state index is 12.6. The lowest BCUT2D eigenvalue weighted by atomic mass is 10.2. The van der Waals surface area contributed by atoms with Crippen LogP contribution in [0, 0.1) is 6.92 Å². The van der Waals surface area contributed by atoms with Crippen LogP contribution >= 0.6 is 11.6 Å². The molecule has 5 nitrogen and oxygen atoms in total. The van der Waals surface area contributed by atoms with Crippen molar-refractivity contribution in [2.75, 3.05) is 0 Å². The van der Waals surface area contributed by atoms with Crippen LogP contribution in [0.4, 0.5) is 0 Å². The summed E-state index contributed by atoms with van der Waals surface area (Å²) in [5.74, 6) is 0. The Labute approximate surface area is 125 Å². The van der Waals surface area contributed by atoms with Crippen molar-refractivity contribution >= 4 is 32.5 Å². The number of benzene rings is 2. The van der Waals surface area contributed by atoms with Crippen LogP contribution in [-0.2, 0) is 10.0 Å². The number of aromatic amines is 1. The molecule has 0 bridgehead atoms. The molecule has 0 amide bonds. The number of H-pyrrole nitrogens is 1. The van der Waals surface area contributed by atoms with E-state index in [-0.39, 0.29) is 15.8 Å². The monoisotopic (exact) mass is 322 g/mol.